The molecule has 2 heterocycles. The Hall–Kier alpha value is -6.16. The van der Waals surface area contributed by atoms with Gasteiger partial charge in [-0.3, -0.25) is 0 Å². The molecule has 0 unspecified atom stereocenters. The minimum Gasteiger partial charge on any atom is -0.455 e. The molecule has 3 heteroatoms. The van der Waals surface area contributed by atoms with Crippen LogP contribution in [0.5, 0.6) is 0 Å². The number of para-hydroxylation sites is 1. The predicted molar refractivity (Wildman–Crippen MR) is 219 cm³/mol. The summed E-state index contributed by atoms with van der Waals surface area (Å²) >= 11 is 0. The SMILES string of the molecule is C[Si]1(C)c2cc(N(c3ccc(-c4cccc5ccccc45)cc3)c3cccc(-c4ccccc4)c3)ccc2-c2c1ccc1c2oc2ccccc21. The van der Waals surface area contributed by atoms with Crippen molar-refractivity contribution in [2.24, 2.45) is 0 Å². The van der Waals surface area contributed by atoms with Gasteiger partial charge >= 0.3 is 0 Å². The molecule has 0 N–H and O–H groups in total. The highest BCUT2D eigenvalue weighted by atomic mass is 28.3. The Morgan fingerprint density at radius 2 is 1.12 bits per heavy atom. The van der Waals surface area contributed by atoms with E-state index in [1.807, 2.05) is 0 Å². The number of fused-ring (bicyclic) bond motifs is 8. The predicted octanol–water partition coefficient (Wildman–Crippen LogP) is 12.3. The zero-order valence-electron chi connectivity index (χ0n) is 28.6. The van der Waals surface area contributed by atoms with Crippen LogP contribution in [0.4, 0.5) is 17.1 Å². The van der Waals surface area contributed by atoms with Crippen molar-refractivity contribution in [2.45, 2.75) is 13.1 Å². The van der Waals surface area contributed by atoms with Gasteiger partial charge < -0.3 is 9.32 Å². The van der Waals surface area contributed by atoms with Crippen LogP contribution < -0.4 is 15.3 Å². The molecule has 10 rings (SSSR count). The van der Waals surface area contributed by atoms with Gasteiger partial charge in [-0.25, -0.2) is 0 Å². The molecule has 0 radical (unpaired) electrons. The van der Waals surface area contributed by atoms with E-state index in [0.717, 1.165) is 28.2 Å². The molecular weight excluding hydrogens is 635 g/mol. The van der Waals surface area contributed by atoms with Crippen LogP contribution in [0.2, 0.25) is 13.1 Å². The van der Waals surface area contributed by atoms with Crippen molar-refractivity contribution in [1.82, 2.24) is 0 Å². The third kappa shape index (κ3) is 4.70. The number of hydrogen-bond acceptors (Lipinski definition) is 2. The van der Waals surface area contributed by atoms with Crippen molar-refractivity contribution in [3.8, 4) is 33.4 Å². The van der Waals surface area contributed by atoms with Crippen molar-refractivity contribution in [1.29, 1.82) is 0 Å². The molecule has 242 valence electrons. The first-order valence-electron chi connectivity index (χ1n) is 17.7. The minimum absolute atomic E-state index is 0.946. The molecule has 2 nitrogen and oxygen atoms in total. The second kappa shape index (κ2) is 11.4. The lowest BCUT2D eigenvalue weighted by Crippen LogP contribution is -2.49. The third-order valence-corrected chi connectivity index (χ3v) is 14.4. The first-order valence-corrected chi connectivity index (χ1v) is 20.7. The molecule has 0 amide bonds. The average molecular weight is 670 g/mol. The quantitative estimate of drug-likeness (QED) is 0.170. The molecular formula is C48H35NOSi. The molecule has 1 aliphatic rings. The Balaban J connectivity index is 1.14. The van der Waals surface area contributed by atoms with Crippen LogP contribution in [0.1, 0.15) is 0 Å². The van der Waals surface area contributed by atoms with E-state index in [4.69, 9.17) is 4.42 Å². The molecule has 0 saturated carbocycles. The largest absolute Gasteiger partial charge is 0.455 e. The average Bonchev–Trinajstić information content (AvgIpc) is 3.67. The molecule has 0 saturated heterocycles. The fourth-order valence-electron chi connectivity index (χ4n) is 8.30. The lowest BCUT2D eigenvalue weighted by Gasteiger charge is -2.28. The maximum Gasteiger partial charge on any atom is 0.143 e. The molecule has 1 aromatic heterocycles. The highest BCUT2D eigenvalue weighted by Gasteiger charge is 2.40. The Labute approximate surface area is 298 Å². The highest BCUT2D eigenvalue weighted by Crippen LogP contribution is 2.43. The van der Waals surface area contributed by atoms with Gasteiger partial charge in [0.15, 0.2) is 0 Å². The molecule has 51 heavy (non-hydrogen) atoms. The summed E-state index contributed by atoms with van der Waals surface area (Å²) in [5.41, 5.74) is 12.8. The zero-order chi connectivity index (χ0) is 34.1. The molecule has 9 aromatic rings. The van der Waals surface area contributed by atoms with Crippen molar-refractivity contribution in [2.75, 3.05) is 4.90 Å². The first kappa shape index (κ1) is 29.7. The Kier molecular flexibility index (Phi) is 6.67. The lowest BCUT2D eigenvalue weighted by atomic mass is 9.98. The third-order valence-electron chi connectivity index (χ3n) is 10.9. The molecule has 0 atom stereocenters. The van der Waals surface area contributed by atoms with Crippen LogP contribution in [0, 0.1) is 0 Å². The summed E-state index contributed by atoms with van der Waals surface area (Å²) in [5.74, 6) is 0. The van der Waals surface area contributed by atoms with Gasteiger partial charge in [-0.15, -0.1) is 0 Å². The van der Waals surface area contributed by atoms with E-state index in [0.29, 0.717) is 0 Å². The van der Waals surface area contributed by atoms with E-state index in [1.54, 1.807) is 0 Å². The van der Waals surface area contributed by atoms with Crippen LogP contribution in [-0.4, -0.2) is 8.07 Å². The van der Waals surface area contributed by atoms with Gasteiger partial charge in [0, 0.05) is 33.4 Å². The van der Waals surface area contributed by atoms with Gasteiger partial charge in [0.1, 0.15) is 19.2 Å². The molecule has 0 bridgehead atoms. The van der Waals surface area contributed by atoms with Gasteiger partial charge in [-0.05, 0) is 91.4 Å². The molecule has 1 aliphatic heterocycles. The zero-order valence-corrected chi connectivity index (χ0v) is 29.6. The normalized spacial score (nSPS) is 13.1. The molecule has 0 spiro atoms. The first-order chi connectivity index (χ1) is 25.0. The van der Waals surface area contributed by atoms with Gasteiger partial charge in [0.2, 0.25) is 0 Å². The smallest absolute Gasteiger partial charge is 0.143 e. The van der Waals surface area contributed by atoms with E-state index in [1.165, 1.54) is 65.3 Å². The topological polar surface area (TPSA) is 16.4 Å². The summed E-state index contributed by atoms with van der Waals surface area (Å²) in [5, 5.41) is 7.78. The Bertz CT molecular complexity index is 2770. The van der Waals surface area contributed by atoms with Gasteiger partial charge in [-0.1, -0.05) is 147 Å². The number of benzene rings is 8. The standard InChI is InChI=1S/C48H35NOSi/c1-51(2)45-29-28-42-41-19-8-9-21-44(41)50-48(42)47(45)43-27-26-38(31-46(43)51)49(37-17-10-16-35(30-37)32-12-4-3-5-13-32)36-24-22-34(23-25-36)40-20-11-15-33-14-6-7-18-39(33)40/h3-31H,1-2H3. The second-order valence-corrected chi connectivity index (χ2v) is 18.5. The number of furan rings is 1. The maximum absolute atomic E-state index is 6.60. The van der Waals surface area contributed by atoms with Crippen LogP contribution in [0.3, 0.4) is 0 Å². The highest BCUT2D eigenvalue weighted by molar-refractivity contribution is 7.04. The Morgan fingerprint density at radius 1 is 0.431 bits per heavy atom. The van der Waals surface area contributed by atoms with Gasteiger partial charge in [0.25, 0.3) is 0 Å². The van der Waals surface area contributed by atoms with E-state index in [9.17, 15) is 0 Å². The summed E-state index contributed by atoms with van der Waals surface area (Å²) in [6.45, 7) is 4.96. The summed E-state index contributed by atoms with van der Waals surface area (Å²) in [6, 6.07) is 64.0. The number of anilines is 3. The number of rotatable bonds is 5. The second-order valence-electron chi connectivity index (χ2n) is 14.1. The minimum atomic E-state index is -2.06. The molecule has 8 aromatic carbocycles. The van der Waals surface area contributed by atoms with E-state index in [2.05, 4.69) is 194 Å². The number of nitrogens with zero attached hydrogens (tertiary/aromatic N) is 1. The summed E-state index contributed by atoms with van der Waals surface area (Å²) < 4.78 is 6.60. The van der Waals surface area contributed by atoms with Crippen LogP contribution in [0.15, 0.2) is 180 Å². The van der Waals surface area contributed by atoms with E-state index in [-0.39, 0.29) is 0 Å². The number of hydrogen-bond donors (Lipinski definition) is 0. The van der Waals surface area contributed by atoms with Crippen LogP contribution in [0.25, 0.3) is 66.1 Å². The van der Waals surface area contributed by atoms with Crippen molar-refractivity contribution < 1.29 is 4.42 Å². The molecule has 0 fully saturated rings. The summed E-state index contributed by atoms with van der Waals surface area (Å²) in [7, 11) is -2.06. The van der Waals surface area contributed by atoms with Crippen molar-refractivity contribution in [3.63, 3.8) is 0 Å². The monoisotopic (exact) mass is 669 g/mol. The maximum atomic E-state index is 6.60. The fraction of sp³-hybridized carbons (Fsp3) is 0.0417. The molecule has 0 aliphatic carbocycles. The fourth-order valence-corrected chi connectivity index (χ4v) is 11.4. The van der Waals surface area contributed by atoms with Crippen molar-refractivity contribution in [3.05, 3.63) is 176 Å². The van der Waals surface area contributed by atoms with Crippen molar-refractivity contribution >= 4 is 68.2 Å². The van der Waals surface area contributed by atoms with E-state index < -0.39 is 8.07 Å². The summed E-state index contributed by atoms with van der Waals surface area (Å²) in [6.07, 6.45) is 0. The van der Waals surface area contributed by atoms with Gasteiger partial charge in [-0.2, -0.15) is 0 Å². The van der Waals surface area contributed by atoms with Crippen LogP contribution >= 0.6 is 0 Å². The van der Waals surface area contributed by atoms with E-state index >= 15 is 0 Å². The Morgan fingerprint density at radius 3 is 1.98 bits per heavy atom. The van der Waals surface area contributed by atoms with Crippen LogP contribution in [-0.2, 0) is 0 Å². The van der Waals surface area contributed by atoms with Gasteiger partial charge in [0.05, 0.1) is 0 Å². The summed E-state index contributed by atoms with van der Waals surface area (Å²) in [4.78, 5) is 2.42. The lowest BCUT2D eigenvalue weighted by molar-refractivity contribution is 0.670.